The first-order chi connectivity index (χ1) is 9.31. The second-order valence-electron chi connectivity index (χ2n) is 5.73. The number of nitrogens with one attached hydrogen (secondary N) is 1. The zero-order valence-electron chi connectivity index (χ0n) is 11.4. The Hall–Kier alpha value is -1.53. The molecule has 2 fully saturated rings. The monoisotopic (exact) mass is 256 g/mol. The van der Waals surface area contributed by atoms with Crippen LogP contribution in [-0.2, 0) is 6.54 Å². The van der Waals surface area contributed by atoms with Crippen molar-refractivity contribution in [3.8, 4) is 11.8 Å². The van der Waals surface area contributed by atoms with Crippen LogP contribution in [0.1, 0.15) is 36.8 Å². The fraction of sp³-hybridized carbons (Fsp3) is 0.562. The van der Waals surface area contributed by atoms with Crippen molar-refractivity contribution in [3.63, 3.8) is 0 Å². The lowest BCUT2D eigenvalue weighted by Gasteiger charge is -2.18. The maximum Gasteiger partial charge on any atom is 0.136 e. The summed E-state index contributed by atoms with van der Waals surface area (Å²) < 4.78 is 5.25. The average Bonchev–Trinajstić information content (AvgIpc) is 3.31. The number of hydrogen-bond donors (Lipinski definition) is 1. The molecule has 1 N–H and O–H groups in total. The first-order valence-electron chi connectivity index (χ1n) is 7.12. The zero-order valence-corrected chi connectivity index (χ0v) is 11.4. The van der Waals surface area contributed by atoms with Crippen LogP contribution in [0.25, 0.3) is 0 Å². The van der Waals surface area contributed by atoms with Gasteiger partial charge in [-0.1, -0.05) is 6.07 Å². The van der Waals surface area contributed by atoms with Crippen LogP contribution in [0.3, 0.4) is 0 Å². The minimum atomic E-state index is 0.604. The molecule has 2 aliphatic rings. The summed E-state index contributed by atoms with van der Waals surface area (Å²) in [5.41, 5.74) is 1.80. The Morgan fingerprint density at radius 3 is 2.53 bits per heavy atom. The van der Waals surface area contributed by atoms with Crippen LogP contribution in [0.4, 0.5) is 0 Å². The third-order valence-electron chi connectivity index (χ3n) is 4.19. The molecule has 0 bridgehead atoms. The first kappa shape index (κ1) is 12.5. The molecule has 3 heteroatoms. The summed E-state index contributed by atoms with van der Waals surface area (Å²) in [5, 5.41) is 12.7. The largest absolute Gasteiger partial charge is 0.495 e. The van der Waals surface area contributed by atoms with Gasteiger partial charge in [-0.15, -0.1) is 0 Å². The van der Waals surface area contributed by atoms with E-state index < -0.39 is 0 Å². The SMILES string of the molecule is COc1cc(CNC(C2CC2)C2CC2)ccc1C#N. The van der Waals surface area contributed by atoms with Crippen molar-refractivity contribution in [2.75, 3.05) is 7.11 Å². The van der Waals surface area contributed by atoms with Crippen molar-refractivity contribution >= 4 is 0 Å². The van der Waals surface area contributed by atoms with Gasteiger partial charge in [-0.3, -0.25) is 0 Å². The van der Waals surface area contributed by atoms with Crippen LogP contribution in [0.2, 0.25) is 0 Å². The van der Waals surface area contributed by atoms with Crippen molar-refractivity contribution in [1.29, 1.82) is 5.26 Å². The third kappa shape index (κ3) is 2.90. The first-order valence-corrected chi connectivity index (χ1v) is 7.12. The highest BCUT2D eigenvalue weighted by Crippen LogP contribution is 2.44. The summed E-state index contributed by atoms with van der Waals surface area (Å²) in [6.07, 6.45) is 5.57. The second-order valence-corrected chi connectivity index (χ2v) is 5.73. The lowest BCUT2D eigenvalue weighted by molar-refractivity contribution is 0.406. The van der Waals surface area contributed by atoms with E-state index in [4.69, 9.17) is 10.00 Å². The van der Waals surface area contributed by atoms with Gasteiger partial charge in [-0.2, -0.15) is 5.26 Å². The minimum Gasteiger partial charge on any atom is -0.495 e. The molecule has 2 aliphatic carbocycles. The van der Waals surface area contributed by atoms with Gasteiger partial charge in [-0.05, 0) is 55.2 Å². The van der Waals surface area contributed by atoms with Crippen molar-refractivity contribution < 1.29 is 4.74 Å². The van der Waals surface area contributed by atoms with E-state index in [2.05, 4.69) is 11.4 Å². The van der Waals surface area contributed by atoms with Crippen LogP contribution in [0, 0.1) is 23.2 Å². The Labute approximate surface area is 114 Å². The van der Waals surface area contributed by atoms with Crippen LogP contribution in [-0.4, -0.2) is 13.2 Å². The summed E-state index contributed by atoms with van der Waals surface area (Å²) in [4.78, 5) is 0. The van der Waals surface area contributed by atoms with E-state index in [1.165, 1.54) is 31.2 Å². The van der Waals surface area contributed by atoms with Gasteiger partial charge in [0, 0.05) is 12.6 Å². The topological polar surface area (TPSA) is 45.0 Å². The predicted molar refractivity (Wildman–Crippen MR) is 73.8 cm³/mol. The Balaban J connectivity index is 1.64. The number of hydrogen-bond acceptors (Lipinski definition) is 3. The molecule has 0 aromatic heterocycles. The molecule has 0 aliphatic heterocycles. The van der Waals surface area contributed by atoms with Crippen LogP contribution in [0.15, 0.2) is 18.2 Å². The molecule has 0 heterocycles. The molecule has 19 heavy (non-hydrogen) atoms. The average molecular weight is 256 g/mol. The number of nitrogens with zero attached hydrogens (tertiary/aromatic N) is 1. The van der Waals surface area contributed by atoms with E-state index in [1.54, 1.807) is 7.11 Å². The molecular weight excluding hydrogens is 236 g/mol. The standard InChI is InChI=1S/C16H20N2O/c1-19-15-8-11(2-3-14(15)9-17)10-18-16(12-4-5-12)13-6-7-13/h2-3,8,12-13,16,18H,4-7,10H2,1H3. The predicted octanol–water partition coefficient (Wildman–Crippen LogP) is 2.85. The van der Waals surface area contributed by atoms with Gasteiger partial charge < -0.3 is 10.1 Å². The molecule has 1 aromatic carbocycles. The Bertz CT molecular complexity index is 486. The number of rotatable bonds is 6. The van der Waals surface area contributed by atoms with Crippen molar-refractivity contribution in [2.45, 2.75) is 38.3 Å². The molecule has 3 rings (SSSR count). The van der Waals surface area contributed by atoms with Gasteiger partial charge in [0.05, 0.1) is 12.7 Å². The van der Waals surface area contributed by atoms with Crippen molar-refractivity contribution in [2.24, 2.45) is 11.8 Å². The lowest BCUT2D eigenvalue weighted by atomic mass is 10.1. The number of benzene rings is 1. The van der Waals surface area contributed by atoms with E-state index in [9.17, 15) is 0 Å². The smallest absolute Gasteiger partial charge is 0.136 e. The van der Waals surface area contributed by atoms with Crippen molar-refractivity contribution in [3.05, 3.63) is 29.3 Å². The molecule has 0 atom stereocenters. The molecule has 0 saturated heterocycles. The number of ether oxygens (including phenoxy) is 1. The minimum absolute atomic E-state index is 0.604. The summed E-state index contributed by atoms with van der Waals surface area (Å²) in [7, 11) is 1.62. The molecule has 0 unspecified atom stereocenters. The van der Waals surface area contributed by atoms with E-state index in [-0.39, 0.29) is 0 Å². The van der Waals surface area contributed by atoms with Gasteiger partial charge in [0.2, 0.25) is 0 Å². The number of methoxy groups -OCH3 is 1. The summed E-state index contributed by atoms with van der Waals surface area (Å²) in [5.74, 6) is 2.50. The highest BCUT2D eigenvalue weighted by atomic mass is 16.5. The van der Waals surface area contributed by atoms with Crippen LogP contribution >= 0.6 is 0 Å². The quantitative estimate of drug-likeness (QED) is 0.851. The van der Waals surface area contributed by atoms with Gasteiger partial charge in [-0.25, -0.2) is 0 Å². The van der Waals surface area contributed by atoms with Crippen LogP contribution in [0.5, 0.6) is 5.75 Å². The van der Waals surface area contributed by atoms with Crippen molar-refractivity contribution in [1.82, 2.24) is 5.32 Å². The van der Waals surface area contributed by atoms with E-state index in [0.717, 1.165) is 18.4 Å². The molecule has 0 radical (unpaired) electrons. The fourth-order valence-corrected chi connectivity index (χ4v) is 2.80. The summed E-state index contributed by atoms with van der Waals surface area (Å²) in [6.45, 7) is 0.875. The highest BCUT2D eigenvalue weighted by molar-refractivity contribution is 5.45. The Morgan fingerprint density at radius 2 is 2.00 bits per heavy atom. The second kappa shape index (κ2) is 5.22. The highest BCUT2D eigenvalue weighted by Gasteiger charge is 2.40. The number of nitriles is 1. The molecule has 100 valence electrons. The molecular formula is C16H20N2O. The van der Waals surface area contributed by atoms with E-state index in [0.29, 0.717) is 17.4 Å². The van der Waals surface area contributed by atoms with Gasteiger partial charge in [0.25, 0.3) is 0 Å². The third-order valence-corrected chi connectivity index (χ3v) is 4.19. The maximum absolute atomic E-state index is 8.98. The molecule has 0 amide bonds. The summed E-state index contributed by atoms with van der Waals surface area (Å²) in [6, 6.07) is 8.70. The van der Waals surface area contributed by atoms with E-state index in [1.807, 2.05) is 18.2 Å². The van der Waals surface area contributed by atoms with Gasteiger partial charge in [0.1, 0.15) is 11.8 Å². The van der Waals surface area contributed by atoms with E-state index >= 15 is 0 Å². The Morgan fingerprint density at radius 1 is 1.32 bits per heavy atom. The maximum atomic E-state index is 8.98. The van der Waals surface area contributed by atoms with Crippen LogP contribution < -0.4 is 10.1 Å². The Kier molecular flexibility index (Phi) is 3.44. The van der Waals surface area contributed by atoms with Gasteiger partial charge >= 0.3 is 0 Å². The molecule has 2 saturated carbocycles. The molecule has 0 spiro atoms. The zero-order chi connectivity index (χ0) is 13.2. The molecule has 3 nitrogen and oxygen atoms in total. The van der Waals surface area contributed by atoms with Gasteiger partial charge in [0.15, 0.2) is 0 Å². The lowest BCUT2D eigenvalue weighted by Crippen LogP contribution is -2.32. The molecule has 1 aromatic rings. The normalized spacial score (nSPS) is 18.4. The fourth-order valence-electron chi connectivity index (χ4n) is 2.80. The summed E-state index contributed by atoms with van der Waals surface area (Å²) >= 11 is 0.